The first kappa shape index (κ1) is 12.0. The number of methoxy groups -OCH3 is 1. The van der Waals surface area contributed by atoms with Crippen LogP contribution in [0.1, 0.15) is 6.92 Å². The lowest BCUT2D eigenvalue weighted by molar-refractivity contribution is 0.233. The van der Waals surface area contributed by atoms with Gasteiger partial charge in [-0.3, -0.25) is 0 Å². The largest absolute Gasteiger partial charge is 0.479 e. The first-order chi connectivity index (χ1) is 8.11. The van der Waals surface area contributed by atoms with Gasteiger partial charge in [0.1, 0.15) is 11.5 Å². The Kier molecular flexibility index (Phi) is 3.38. The summed E-state index contributed by atoms with van der Waals surface area (Å²) in [4.78, 5) is 8.87. The molecule has 2 N–H and O–H groups in total. The summed E-state index contributed by atoms with van der Waals surface area (Å²) in [5.74, 6) is 1.11. The van der Waals surface area contributed by atoms with Crippen LogP contribution in [0.15, 0.2) is 12.1 Å². The van der Waals surface area contributed by atoms with Crippen molar-refractivity contribution in [2.45, 2.75) is 13.0 Å². The Hall–Kier alpha value is -1.49. The fourth-order valence-corrected chi connectivity index (χ4v) is 2.11. The fraction of sp³-hybridized carbons (Fsp3) is 0.583. The number of aromatic nitrogens is 1. The van der Waals surface area contributed by atoms with Crippen LogP contribution in [-0.2, 0) is 0 Å². The molecular formula is C12H20N4O. The van der Waals surface area contributed by atoms with E-state index in [0.717, 1.165) is 25.3 Å². The molecule has 5 heteroatoms. The summed E-state index contributed by atoms with van der Waals surface area (Å²) in [6.45, 7) is 5.25. The lowest BCUT2D eigenvalue weighted by atomic mass is 10.2. The zero-order valence-corrected chi connectivity index (χ0v) is 10.7. The molecule has 2 heterocycles. The normalized spacial score (nSPS) is 21.6. The maximum atomic E-state index is 5.66. The average molecular weight is 236 g/mol. The van der Waals surface area contributed by atoms with Gasteiger partial charge in [0.25, 0.3) is 0 Å². The van der Waals surface area contributed by atoms with Gasteiger partial charge in [0.2, 0.25) is 5.88 Å². The highest BCUT2D eigenvalue weighted by Crippen LogP contribution is 2.28. The molecule has 0 radical (unpaired) electrons. The number of nitrogens with zero attached hydrogens (tertiary/aromatic N) is 3. The standard InChI is InChI=1S/C12H20N4O/c1-9-8-16(7-6-15(9)2)10-4-5-11(13)14-12(10)17-3/h4-5,9H,6-8H2,1-3H3,(H2,13,14)/t9-/m1/s1. The SMILES string of the molecule is COc1nc(N)ccc1N1CCN(C)[C@H](C)C1. The quantitative estimate of drug-likeness (QED) is 0.823. The molecule has 1 fully saturated rings. The maximum absolute atomic E-state index is 5.66. The summed E-state index contributed by atoms with van der Waals surface area (Å²) in [6, 6.07) is 4.34. The summed E-state index contributed by atoms with van der Waals surface area (Å²) >= 11 is 0. The highest BCUT2D eigenvalue weighted by Gasteiger charge is 2.23. The number of ether oxygens (including phenoxy) is 1. The molecule has 0 aliphatic carbocycles. The van der Waals surface area contributed by atoms with E-state index in [9.17, 15) is 0 Å². The van der Waals surface area contributed by atoms with E-state index in [2.05, 4.69) is 28.8 Å². The van der Waals surface area contributed by atoms with Crippen molar-refractivity contribution >= 4 is 11.5 Å². The molecule has 0 spiro atoms. The van der Waals surface area contributed by atoms with Gasteiger partial charge in [0.05, 0.1) is 7.11 Å². The third-order valence-corrected chi connectivity index (χ3v) is 3.36. The van der Waals surface area contributed by atoms with E-state index in [-0.39, 0.29) is 0 Å². The molecule has 1 atom stereocenters. The van der Waals surface area contributed by atoms with Gasteiger partial charge in [-0.05, 0) is 26.1 Å². The number of hydrogen-bond donors (Lipinski definition) is 1. The lowest BCUT2D eigenvalue weighted by Gasteiger charge is -2.39. The van der Waals surface area contributed by atoms with Crippen molar-refractivity contribution in [1.29, 1.82) is 0 Å². The number of hydrogen-bond acceptors (Lipinski definition) is 5. The Morgan fingerprint density at radius 1 is 1.41 bits per heavy atom. The number of pyridine rings is 1. The van der Waals surface area contributed by atoms with Crippen LogP contribution >= 0.6 is 0 Å². The Balaban J connectivity index is 2.22. The molecule has 2 rings (SSSR count). The molecule has 1 saturated heterocycles. The van der Waals surface area contributed by atoms with E-state index in [1.54, 1.807) is 7.11 Å². The molecule has 17 heavy (non-hydrogen) atoms. The lowest BCUT2D eigenvalue weighted by Crippen LogP contribution is -2.50. The van der Waals surface area contributed by atoms with E-state index < -0.39 is 0 Å². The highest BCUT2D eigenvalue weighted by molar-refractivity contribution is 5.58. The minimum atomic E-state index is 0.493. The first-order valence-corrected chi connectivity index (χ1v) is 5.87. The average Bonchev–Trinajstić information content (AvgIpc) is 2.32. The molecular weight excluding hydrogens is 216 g/mol. The van der Waals surface area contributed by atoms with E-state index in [0.29, 0.717) is 17.7 Å². The Morgan fingerprint density at radius 2 is 2.18 bits per heavy atom. The van der Waals surface area contributed by atoms with Crippen molar-refractivity contribution in [2.75, 3.05) is 44.4 Å². The monoisotopic (exact) mass is 236 g/mol. The third-order valence-electron chi connectivity index (χ3n) is 3.36. The second-order valence-electron chi connectivity index (χ2n) is 4.54. The molecule has 0 saturated carbocycles. The highest BCUT2D eigenvalue weighted by atomic mass is 16.5. The summed E-state index contributed by atoms with van der Waals surface area (Å²) in [7, 11) is 3.78. The number of nitrogens with two attached hydrogens (primary N) is 1. The Morgan fingerprint density at radius 3 is 2.82 bits per heavy atom. The predicted molar refractivity (Wildman–Crippen MR) is 69.5 cm³/mol. The molecule has 1 aliphatic heterocycles. The summed E-state index contributed by atoms with van der Waals surface area (Å²) in [5, 5.41) is 0. The van der Waals surface area contributed by atoms with Crippen LogP contribution in [0, 0.1) is 0 Å². The van der Waals surface area contributed by atoms with Gasteiger partial charge in [0.15, 0.2) is 0 Å². The van der Waals surface area contributed by atoms with Gasteiger partial charge < -0.3 is 20.3 Å². The fourth-order valence-electron chi connectivity index (χ4n) is 2.11. The summed E-state index contributed by atoms with van der Waals surface area (Å²) in [6.07, 6.45) is 0. The molecule has 94 valence electrons. The van der Waals surface area contributed by atoms with Gasteiger partial charge >= 0.3 is 0 Å². The number of anilines is 2. The molecule has 5 nitrogen and oxygen atoms in total. The first-order valence-electron chi connectivity index (χ1n) is 5.87. The summed E-state index contributed by atoms with van der Waals surface area (Å²) < 4.78 is 5.30. The van der Waals surface area contributed by atoms with Crippen LogP contribution in [0.5, 0.6) is 5.88 Å². The number of likely N-dealkylation sites (N-methyl/N-ethyl adjacent to an activating group) is 1. The smallest absolute Gasteiger partial charge is 0.239 e. The molecule has 0 unspecified atom stereocenters. The molecule has 1 aromatic heterocycles. The van der Waals surface area contributed by atoms with Crippen molar-refractivity contribution in [3.05, 3.63) is 12.1 Å². The predicted octanol–water partition coefficient (Wildman–Crippen LogP) is 0.813. The minimum Gasteiger partial charge on any atom is -0.479 e. The second kappa shape index (κ2) is 4.79. The molecule has 0 amide bonds. The third kappa shape index (κ3) is 2.44. The second-order valence-corrected chi connectivity index (χ2v) is 4.54. The van der Waals surface area contributed by atoms with Crippen molar-refractivity contribution < 1.29 is 4.74 Å². The van der Waals surface area contributed by atoms with Crippen molar-refractivity contribution in [3.63, 3.8) is 0 Å². The Labute approximate surface area is 102 Å². The van der Waals surface area contributed by atoms with E-state index in [1.807, 2.05) is 12.1 Å². The molecule has 0 bridgehead atoms. The molecule has 1 aromatic rings. The van der Waals surface area contributed by atoms with Crippen molar-refractivity contribution in [3.8, 4) is 5.88 Å². The maximum Gasteiger partial charge on any atom is 0.239 e. The van der Waals surface area contributed by atoms with Crippen LogP contribution in [-0.4, -0.2) is 49.7 Å². The van der Waals surface area contributed by atoms with Crippen molar-refractivity contribution in [2.24, 2.45) is 0 Å². The van der Waals surface area contributed by atoms with Gasteiger partial charge in [0, 0.05) is 25.7 Å². The van der Waals surface area contributed by atoms with Crippen LogP contribution in [0.3, 0.4) is 0 Å². The number of piperazine rings is 1. The molecule has 0 aromatic carbocycles. The minimum absolute atomic E-state index is 0.493. The zero-order valence-electron chi connectivity index (χ0n) is 10.7. The van der Waals surface area contributed by atoms with Gasteiger partial charge in [-0.25, -0.2) is 0 Å². The Bertz CT molecular complexity index is 396. The van der Waals surface area contributed by atoms with Crippen LogP contribution in [0.4, 0.5) is 11.5 Å². The number of nitrogen functional groups attached to an aromatic ring is 1. The van der Waals surface area contributed by atoms with E-state index >= 15 is 0 Å². The van der Waals surface area contributed by atoms with Gasteiger partial charge in [-0.1, -0.05) is 0 Å². The summed E-state index contributed by atoms with van der Waals surface area (Å²) in [5.41, 5.74) is 6.69. The zero-order chi connectivity index (χ0) is 12.4. The number of rotatable bonds is 2. The van der Waals surface area contributed by atoms with Gasteiger partial charge in [-0.15, -0.1) is 0 Å². The molecule has 1 aliphatic rings. The van der Waals surface area contributed by atoms with Crippen LogP contribution in [0.2, 0.25) is 0 Å². The van der Waals surface area contributed by atoms with Crippen LogP contribution in [0.25, 0.3) is 0 Å². The van der Waals surface area contributed by atoms with E-state index in [1.165, 1.54) is 0 Å². The van der Waals surface area contributed by atoms with Gasteiger partial charge in [-0.2, -0.15) is 4.98 Å². The topological polar surface area (TPSA) is 54.6 Å². The van der Waals surface area contributed by atoms with Crippen molar-refractivity contribution in [1.82, 2.24) is 9.88 Å². The van der Waals surface area contributed by atoms with Crippen LogP contribution < -0.4 is 15.4 Å². The van der Waals surface area contributed by atoms with E-state index in [4.69, 9.17) is 10.5 Å².